The maximum Gasteiger partial charge on any atom is 0.227 e. The number of carbonyl (C=O) groups is 2. The van der Waals surface area contributed by atoms with Crippen molar-refractivity contribution in [3.8, 4) is 5.75 Å². The van der Waals surface area contributed by atoms with Gasteiger partial charge in [0.25, 0.3) is 0 Å². The van der Waals surface area contributed by atoms with E-state index in [4.69, 9.17) is 4.74 Å². The van der Waals surface area contributed by atoms with Crippen molar-refractivity contribution in [3.05, 3.63) is 59.9 Å². The van der Waals surface area contributed by atoms with Crippen LogP contribution in [0.25, 0.3) is 0 Å². The summed E-state index contributed by atoms with van der Waals surface area (Å²) in [6.45, 7) is 0.786. The van der Waals surface area contributed by atoms with E-state index in [1.54, 1.807) is 4.90 Å². The minimum atomic E-state index is -0.465. The number of carbonyl (C=O) groups excluding carboxylic acids is 2. The fourth-order valence-electron chi connectivity index (χ4n) is 2.76. The lowest BCUT2D eigenvalue weighted by Gasteiger charge is -2.28. The van der Waals surface area contributed by atoms with Gasteiger partial charge in [0, 0.05) is 24.9 Å². The van der Waals surface area contributed by atoms with Gasteiger partial charge in [0.1, 0.15) is 11.6 Å². The summed E-state index contributed by atoms with van der Waals surface area (Å²) in [6.07, 6.45) is 1.12. The second-order valence-corrected chi connectivity index (χ2v) is 5.65. The van der Waals surface area contributed by atoms with Gasteiger partial charge < -0.3 is 9.64 Å². The first-order valence-corrected chi connectivity index (χ1v) is 7.96. The van der Waals surface area contributed by atoms with Crippen molar-refractivity contribution < 1.29 is 18.7 Å². The molecule has 0 aliphatic carbocycles. The first kappa shape index (κ1) is 16.2. The zero-order chi connectivity index (χ0) is 16.9. The average molecular weight is 327 g/mol. The van der Waals surface area contributed by atoms with E-state index < -0.39 is 5.82 Å². The molecule has 0 atom stereocenters. The van der Waals surface area contributed by atoms with Crippen LogP contribution in [-0.2, 0) is 4.79 Å². The highest BCUT2D eigenvalue weighted by atomic mass is 19.1. The number of ether oxygens (including phenoxy) is 1. The summed E-state index contributed by atoms with van der Waals surface area (Å²) in [5, 5.41) is 0. The summed E-state index contributed by atoms with van der Waals surface area (Å²) in [7, 11) is 0. The second-order valence-electron chi connectivity index (χ2n) is 5.65. The number of amides is 1. The van der Waals surface area contributed by atoms with E-state index in [0.717, 1.165) is 5.75 Å². The third kappa shape index (κ3) is 3.62. The molecule has 0 bridgehead atoms. The number of halogens is 1. The molecule has 3 rings (SSSR count). The molecule has 124 valence electrons. The summed E-state index contributed by atoms with van der Waals surface area (Å²) >= 11 is 0. The molecule has 1 amide bonds. The standard InChI is InChI=1S/C19H18FNO3/c20-14-8-9-17-16(13-14)18(22)10-11-21(17)19(23)7-4-12-24-15-5-2-1-3-6-15/h1-3,5-6,8-9,13H,4,7,10-12H2. The van der Waals surface area contributed by atoms with Gasteiger partial charge in [-0.15, -0.1) is 0 Å². The Bertz CT molecular complexity index is 746. The van der Waals surface area contributed by atoms with Crippen LogP contribution in [0.15, 0.2) is 48.5 Å². The molecule has 0 N–H and O–H groups in total. The fourth-order valence-corrected chi connectivity index (χ4v) is 2.76. The molecule has 0 aromatic heterocycles. The maximum atomic E-state index is 13.3. The van der Waals surface area contributed by atoms with Crippen LogP contribution in [0.3, 0.4) is 0 Å². The third-order valence-corrected chi connectivity index (χ3v) is 3.96. The van der Waals surface area contributed by atoms with E-state index >= 15 is 0 Å². The van der Waals surface area contributed by atoms with Gasteiger partial charge in [-0.1, -0.05) is 18.2 Å². The largest absolute Gasteiger partial charge is 0.494 e. The van der Waals surface area contributed by atoms with E-state index in [1.807, 2.05) is 30.3 Å². The second kappa shape index (κ2) is 7.25. The molecular weight excluding hydrogens is 309 g/mol. The molecule has 0 fully saturated rings. The van der Waals surface area contributed by atoms with Crippen LogP contribution >= 0.6 is 0 Å². The minimum Gasteiger partial charge on any atom is -0.494 e. The molecule has 0 unspecified atom stereocenters. The lowest BCUT2D eigenvalue weighted by Crippen LogP contribution is -2.37. The maximum absolute atomic E-state index is 13.3. The van der Waals surface area contributed by atoms with Gasteiger partial charge in [0.2, 0.25) is 5.91 Å². The number of hydrogen-bond donors (Lipinski definition) is 0. The van der Waals surface area contributed by atoms with E-state index in [-0.39, 0.29) is 23.7 Å². The number of ketones is 1. The van der Waals surface area contributed by atoms with E-state index in [0.29, 0.717) is 31.7 Å². The van der Waals surface area contributed by atoms with Gasteiger partial charge in [-0.05, 0) is 36.8 Å². The fraction of sp³-hybridized carbons (Fsp3) is 0.263. The van der Waals surface area contributed by atoms with Crippen LogP contribution in [0, 0.1) is 5.82 Å². The molecule has 2 aromatic rings. The SMILES string of the molecule is O=C1CCN(C(=O)CCCOc2ccccc2)c2ccc(F)cc21. The number of Topliss-reactive ketones (excluding diaryl/α,β-unsaturated/α-hetero) is 1. The summed E-state index contributed by atoms with van der Waals surface area (Å²) in [5.74, 6) is 0.106. The van der Waals surface area contributed by atoms with Crippen molar-refractivity contribution >= 4 is 17.4 Å². The van der Waals surface area contributed by atoms with Crippen LogP contribution in [-0.4, -0.2) is 24.8 Å². The number of para-hydroxylation sites is 1. The van der Waals surface area contributed by atoms with Gasteiger partial charge in [-0.3, -0.25) is 9.59 Å². The molecule has 24 heavy (non-hydrogen) atoms. The van der Waals surface area contributed by atoms with Crippen LogP contribution < -0.4 is 9.64 Å². The highest BCUT2D eigenvalue weighted by Gasteiger charge is 2.27. The van der Waals surface area contributed by atoms with E-state index in [9.17, 15) is 14.0 Å². The summed E-state index contributed by atoms with van der Waals surface area (Å²) in [5.41, 5.74) is 0.789. The highest BCUT2D eigenvalue weighted by Crippen LogP contribution is 2.28. The average Bonchev–Trinajstić information content (AvgIpc) is 2.60. The normalized spacial score (nSPS) is 13.5. The predicted molar refractivity (Wildman–Crippen MR) is 88.9 cm³/mol. The number of hydrogen-bond acceptors (Lipinski definition) is 3. The molecule has 1 aliphatic rings. The topological polar surface area (TPSA) is 46.6 Å². The van der Waals surface area contributed by atoms with Crippen LogP contribution in [0.2, 0.25) is 0 Å². The van der Waals surface area contributed by atoms with Gasteiger partial charge in [-0.25, -0.2) is 4.39 Å². The van der Waals surface area contributed by atoms with Gasteiger partial charge in [0.05, 0.1) is 12.3 Å². The summed E-state index contributed by atoms with van der Waals surface area (Å²) < 4.78 is 18.9. The van der Waals surface area contributed by atoms with Crippen LogP contribution in [0.1, 0.15) is 29.6 Å². The zero-order valence-corrected chi connectivity index (χ0v) is 13.2. The van der Waals surface area contributed by atoms with Crippen molar-refractivity contribution in [2.45, 2.75) is 19.3 Å². The Balaban J connectivity index is 1.58. The van der Waals surface area contributed by atoms with Crippen molar-refractivity contribution in [1.82, 2.24) is 0 Å². The highest BCUT2D eigenvalue weighted by molar-refractivity contribution is 6.08. The Hall–Kier alpha value is -2.69. The Morgan fingerprint density at radius 3 is 2.75 bits per heavy atom. The van der Waals surface area contributed by atoms with Crippen LogP contribution in [0.4, 0.5) is 10.1 Å². The molecule has 4 nitrogen and oxygen atoms in total. The summed E-state index contributed by atoms with van der Waals surface area (Å²) in [4.78, 5) is 25.9. The first-order chi connectivity index (χ1) is 11.6. The number of benzene rings is 2. The van der Waals surface area contributed by atoms with E-state index in [1.165, 1.54) is 18.2 Å². The van der Waals surface area contributed by atoms with Crippen molar-refractivity contribution in [3.63, 3.8) is 0 Å². The lowest BCUT2D eigenvalue weighted by molar-refractivity contribution is -0.118. The number of nitrogens with zero attached hydrogens (tertiary/aromatic N) is 1. The summed E-state index contributed by atoms with van der Waals surface area (Å²) in [6, 6.07) is 13.4. The van der Waals surface area contributed by atoms with Gasteiger partial charge >= 0.3 is 0 Å². The Kier molecular flexibility index (Phi) is 4.89. The molecular formula is C19H18FNO3. The lowest BCUT2D eigenvalue weighted by atomic mass is 9.99. The predicted octanol–water partition coefficient (Wildman–Crippen LogP) is 3.60. The monoisotopic (exact) mass is 327 g/mol. The molecule has 2 aromatic carbocycles. The third-order valence-electron chi connectivity index (χ3n) is 3.96. The number of rotatable bonds is 5. The zero-order valence-electron chi connectivity index (χ0n) is 13.2. The van der Waals surface area contributed by atoms with Crippen LogP contribution in [0.5, 0.6) is 5.75 Å². The Morgan fingerprint density at radius 2 is 1.96 bits per heavy atom. The first-order valence-electron chi connectivity index (χ1n) is 7.96. The molecule has 0 saturated carbocycles. The molecule has 0 spiro atoms. The quantitative estimate of drug-likeness (QED) is 0.788. The minimum absolute atomic E-state index is 0.0768. The smallest absolute Gasteiger partial charge is 0.227 e. The Morgan fingerprint density at radius 1 is 1.17 bits per heavy atom. The Labute approximate surface area is 139 Å². The molecule has 1 aliphatic heterocycles. The van der Waals surface area contributed by atoms with E-state index in [2.05, 4.69) is 0 Å². The number of anilines is 1. The number of fused-ring (bicyclic) bond motifs is 1. The van der Waals surface area contributed by atoms with Gasteiger partial charge in [-0.2, -0.15) is 0 Å². The molecule has 1 heterocycles. The van der Waals surface area contributed by atoms with Crippen molar-refractivity contribution in [1.29, 1.82) is 0 Å². The molecule has 0 saturated heterocycles. The molecule has 5 heteroatoms. The van der Waals surface area contributed by atoms with Gasteiger partial charge in [0.15, 0.2) is 5.78 Å². The van der Waals surface area contributed by atoms with Crippen molar-refractivity contribution in [2.75, 3.05) is 18.1 Å². The molecule has 0 radical (unpaired) electrons. The van der Waals surface area contributed by atoms with Crippen molar-refractivity contribution in [2.24, 2.45) is 0 Å².